The van der Waals surface area contributed by atoms with Crippen LogP contribution in [0.4, 0.5) is 20.6 Å². The minimum atomic E-state index is -0.503. The first-order valence-electron chi connectivity index (χ1n) is 8.85. The monoisotopic (exact) mass is 427 g/mol. The third-order valence-corrected chi connectivity index (χ3v) is 5.76. The van der Waals surface area contributed by atoms with E-state index in [1.807, 2.05) is 0 Å². The molecule has 3 fully saturated rings. The predicted molar refractivity (Wildman–Crippen MR) is 104 cm³/mol. The molecular formula is C17H19ClFN5O3S. The SMILES string of the molecule is Cl.O=C1OC[C@@H](COc2cnsn2)N1c1ccc(N2C[C@@H]3C[C@H]2CN3)c(F)c1. The molecule has 4 heterocycles. The van der Waals surface area contributed by atoms with Gasteiger partial charge in [0, 0.05) is 25.2 Å². The van der Waals surface area contributed by atoms with Gasteiger partial charge in [-0.25, -0.2) is 9.18 Å². The van der Waals surface area contributed by atoms with Gasteiger partial charge < -0.3 is 19.7 Å². The lowest BCUT2D eigenvalue weighted by Gasteiger charge is -2.30. The number of carbonyl (C=O) groups is 1. The summed E-state index contributed by atoms with van der Waals surface area (Å²) in [6.45, 7) is 2.07. The van der Waals surface area contributed by atoms with E-state index in [2.05, 4.69) is 19.0 Å². The number of nitrogens with zero attached hydrogens (tertiary/aromatic N) is 4. The zero-order valence-corrected chi connectivity index (χ0v) is 16.4. The van der Waals surface area contributed by atoms with Gasteiger partial charge in [-0.15, -0.1) is 16.8 Å². The van der Waals surface area contributed by atoms with Crippen molar-refractivity contribution in [2.24, 2.45) is 0 Å². The maximum Gasteiger partial charge on any atom is 0.414 e. The minimum Gasteiger partial charge on any atom is -0.474 e. The number of hydrogen-bond donors (Lipinski definition) is 1. The molecule has 8 nitrogen and oxygen atoms in total. The van der Waals surface area contributed by atoms with Crippen molar-refractivity contribution in [2.45, 2.75) is 24.5 Å². The molecule has 2 bridgehead atoms. The van der Waals surface area contributed by atoms with Crippen LogP contribution in [-0.4, -0.2) is 59.3 Å². The lowest BCUT2D eigenvalue weighted by Crippen LogP contribution is -2.44. The number of halogens is 2. The number of aromatic nitrogens is 2. The Morgan fingerprint density at radius 3 is 3.00 bits per heavy atom. The molecule has 1 aromatic carbocycles. The number of benzene rings is 1. The quantitative estimate of drug-likeness (QED) is 0.782. The summed E-state index contributed by atoms with van der Waals surface area (Å²) >= 11 is 1.04. The summed E-state index contributed by atoms with van der Waals surface area (Å²) in [5.41, 5.74) is 1.05. The first kappa shape index (κ1) is 19.2. The Balaban J connectivity index is 0.00000192. The highest BCUT2D eigenvalue weighted by Gasteiger charge is 2.39. The summed E-state index contributed by atoms with van der Waals surface area (Å²) in [4.78, 5) is 15.7. The third kappa shape index (κ3) is 3.36. The van der Waals surface area contributed by atoms with E-state index in [1.54, 1.807) is 12.1 Å². The first-order valence-corrected chi connectivity index (χ1v) is 9.58. The van der Waals surface area contributed by atoms with Crippen molar-refractivity contribution in [1.82, 2.24) is 14.1 Å². The molecule has 0 saturated carbocycles. The largest absolute Gasteiger partial charge is 0.474 e. The van der Waals surface area contributed by atoms with E-state index >= 15 is 0 Å². The number of ether oxygens (including phenoxy) is 2. The fourth-order valence-electron chi connectivity index (χ4n) is 4.04. The molecule has 0 aliphatic carbocycles. The molecule has 2 aromatic rings. The van der Waals surface area contributed by atoms with Gasteiger partial charge in [-0.05, 0) is 24.6 Å². The number of amides is 1. The Labute approximate surface area is 171 Å². The van der Waals surface area contributed by atoms with Gasteiger partial charge in [-0.1, -0.05) is 0 Å². The van der Waals surface area contributed by atoms with Crippen LogP contribution in [0.25, 0.3) is 0 Å². The molecule has 0 radical (unpaired) electrons. The van der Waals surface area contributed by atoms with Gasteiger partial charge in [0.1, 0.15) is 31.3 Å². The molecule has 0 unspecified atom stereocenters. The molecule has 3 aliphatic heterocycles. The van der Waals surface area contributed by atoms with Crippen molar-refractivity contribution >= 4 is 41.6 Å². The van der Waals surface area contributed by atoms with E-state index in [0.29, 0.717) is 29.3 Å². The normalized spacial score (nSPS) is 25.8. The number of fused-ring (bicyclic) bond motifs is 2. The number of rotatable bonds is 5. The average Bonchev–Trinajstić information content (AvgIpc) is 3.45. The number of anilines is 2. The van der Waals surface area contributed by atoms with Crippen LogP contribution in [0.3, 0.4) is 0 Å². The van der Waals surface area contributed by atoms with Crippen molar-refractivity contribution < 1.29 is 18.7 Å². The second-order valence-electron chi connectivity index (χ2n) is 6.94. The minimum absolute atomic E-state index is 0. The van der Waals surface area contributed by atoms with Crippen molar-refractivity contribution in [3.05, 3.63) is 30.2 Å². The first-order chi connectivity index (χ1) is 13.2. The zero-order valence-electron chi connectivity index (χ0n) is 14.8. The summed E-state index contributed by atoms with van der Waals surface area (Å²) < 4.78 is 33.4. The van der Waals surface area contributed by atoms with Gasteiger partial charge in [-0.2, -0.15) is 4.37 Å². The summed E-state index contributed by atoms with van der Waals surface area (Å²) in [5, 5.41) is 3.41. The van der Waals surface area contributed by atoms with E-state index in [-0.39, 0.29) is 37.5 Å². The van der Waals surface area contributed by atoms with Crippen LogP contribution in [0.2, 0.25) is 0 Å². The lowest BCUT2D eigenvalue weighted by molar-refractivity contribution is 0.175. The Morgan fingerprint density at radius 2 is 2.32 bits per heavy atom. The Hall–Kier alpha value is -2.17. The fraction of sp³-hybridized carbons (Fsp3) is 0.471. The van der Waals surface area contributed by atoms with Crippen molar-refractivity contribution in [3.63, 3.8) is 0 Å². The Bertz CT molecular complexity index is 857. The summed E-state index contributed by atoms with van der Waals surface area (Å²) in [6.07, 6.45) is 2.06. The summed E-state index contributed by atoms with van der Waals surface area (Å²) in [7, 11) is 0. The molecule has 11 heteroatoms. The van der Waals surface area contributed by atoms with Gasteiger partial charge in [0.05, 0.1) is 23.1 Å². The van der Waals surface area contributed by atoms with E-state index in [9.17, 15) is 9.18 Å². The van der Waals surface area contributed by atoms with Crippen LogP contribution >= 0.6 is 24.1 Å². The zero-order chi connectivity index (χ0) is 18.4. The standard InChI is InChI=1S/C17H18FN5O3S.ClH/c18-14-4-11(1-2-15(14)22-7-10-3-12(22)5-19-10)23-13(9-26-17(23)24)8-25-16-6-20-27-21-16;/h1-2,4,6,10,12-13,19H,3,5,7-9H2;1H/t10-,12-,13+;/m0./s1. The van der Waals surface area contributed by atoms with Gasteiger partial charge in [0.25, 0.3) is 0 Å². The van der Waals surface area contributed by atoms with Crippen molar-refractivity contribution in [3.8, 4) is 5.88 Å². The third-order valence-electron chi connectivity index (χ3n) is 5.30. The lowest BCUT2D eigenvalue weighted by atomic mass is 10.2. The average molecular weight is 428 g/mol. The van der Waals surface area contributed by atoms with Crippen molar-refractivity contribution in [1.29, 1.82) is 0 Å². The second kappa shape index (κ2) is 7.69. The van der Waals surface area contributed by atoms with E-state index in [4.69, 9.17) is 9.47 Å². The predicted octanol–water partition coefficient (Wildman–Crippen LogP) is 2.05. The maximum atomic E-state index is 14.9. The summed E-state index contributed by atoms with van der Waals surface area (Å²) in [5.74, 6) is 0.0710. The highest BCUT2D eigenvalue weighted by atomic mass is 35.5. The van der Waals surface area contributed by atoms with Crippen molar-refractivity contribution in [2.75, 3.05) is 36.1 Å². The molecule has 1 N–H and O–H groups in total. The van der Waals surface area contributed by atoms with Crippen LogP contribution in [0.1, 0.15) is 6.42 Å². The van der Waals surface area contributed by atoms with Crippen LogP contribution in [-0.2, 0) is 4.74 Å². The molecule has 3 aliphatic rings. The molecule has 1 aromatic heterocycles. The van der Waals surface area contributed by atoms with Crippen LogP contribution in [0.15, 0.2) is 24.4 Å². The number of carbonyl (C=O) groups excluding carboxylic acids is 1. The molecule has 0 spiro atoms. The molecule has 3 saturated heterocycles. The Kier molecular flexibility index (Phi) is 5.26. The van der Waals surface area contributed by atoms with Crippen LogP contribution in [0, 0.1) is 5.82 Å². The topological polar surface area (TPSA) is 79.8 Å². The number of nitrogens with one attached hydrogen (secondary N) is 1. The van der Waals surface area contributed by atoms with Crippen LogP contribution < -0.4 is 19.9 Å². The molecular weight excluding hydrogens is 409 g/mol. The van der Waals surface area contributed by atoms with E-state index < -0.39 is 6.09 Å². The van der Waals surface area contributed by atoms with E-state index in [0.717, 1.165) is 31.2 Å². The second-order valence-corrected chi connectivity index (χ2v) is 7.50. The van der Waals surface area contributed by atoms with Gasteiger partial charge in [0.2, 0.25) is 5.88 Å². The summed E-state index contributed by atoms with van der Waals surface area (Å²) in [6, 6.07) is 5.33. The number of hydrogen-bond acceptors (Lipinski definition) is 8. The molecule has 28 heavy (non-hydrogen) atoms. The molecule has 1 amide bonds. The highest BCUT2D eigenvalue weighted by molar-refractivity contribution is 6.99. The molecule has 5 rings (SSSR count). The Morgan fingerprint density at radius 1 is 1.43 bits per heavy atom. The van der Waals surface area contributed by atoms with E-state index in [1.165, 1.54) is 17.2 Å². The maximum absolute atomic E-state index is 14.9. The van der Waals surface area contributed by atoms with Crippen LogP contribution in [0.5, 0.6) is 5.88 Å². The highest BCUT2D eigenvalue weighted by Crippen LogP contribution is 2.34. The number of piperazine rings is 1. The van der Waals surface area contributed by atoms with Gasteiger partial charge >= 0.3 is 6.09 Å². The molecule has 150 valence electrons. The van der Waals surface area contributed by atoms with Gasteiger partial charge in [0.15, 0.2) is 0 Å². The van der Waals surface area contributed by atoms with Gasteiger partial charge in [-0.3, -0.25) is 4.90 Å². The fourth-order valence-corrected chi connectivity index (χ4v) is 4.40. The smallest absolute Gasteiger partial charge is 0.414 e. The number of cyclic esters (lactones) is 1. The molecule has 3 atom stereocenters.